The van der Waals surface area contributed by atoms with Gasteiger partial charge in [0.15, 0.2) is 0 Å². The van der Waals surface area contributed by atoms with Gasteiger partial charge in [0.1, 0.15) is 0 Å². The smallest absolute Gasteiger partial charge is 0.0418 e. The minimum absolute atomic E-state index is 0.823. The lowest BCUT2D eigenvalue weighted by atomic mass is 10.1. The molecular weight excluding hydrogens is 258 g/mol. The Kier molecular flexibility index (Phi) is 4.09. The Hall–Kier alpha value is -2.03. The number of rotatable bonds is 4. The van der Waals surface area contributed by atoms with E-state index in [-0.39, 0.29) is 0 Å². The molecular formula is C18H23N3. The van der Waals surface area contributed by atoms with Crippen molar-refractivity contribution in [1.29, 1.82) is 0 Å². The maximum absolute atomic E-state index is 4.20. The van der Waals surface area contributed by atoms with Crippen LogP contribution in [0.3, 0.4) is 0 Å². The quantitative estimate of drug-likeness (QED) is 0.921. The van der Waals surface area contributed by atoms with Crippen LogP contribution in [0.2, 0.25) is 0 Å². The molecule has 0 radical (unpaired) electrons. The van der Waals surface area contributed by atoms with Crippen molar-refractivity contribution in [2.24, 2.45) is 0 Å². The molecule has 3 heteroatoms. The van der Waals surface area contributed by atoms with Gasteiger partial charge in [0.25, 0.3) is 0 Å². The minimum Gasteiger partial charge on any atom is -0.381 e. The zero-order chi connectivity index (χ0) is 14.7. The zero-order valence-corrected chi connectivity index (χ0v) is 12.9. The monoisotopic (exact) mass is 281 g/mol. The molecule has 3 nitrogen and oxygen atoms in total. The van der Waals surface area contributed by atoms with Gasteiger partial charge in [-0.05, 0) is 67.6 Å². The van der Waals surface area contributed by atoms with Gasteiger partial charge >= 0.3 is 0 Å². The number of anilines is 2. The number of benzene rings is 1. The molecule has 2 heterocycles. The molecule has 2 aromatic rings. The summed E-state index contributed by atoms with van der Waals surface area (Å²) in [7, 11) is 0. The lowest BCUT2D eigenvalue weighted by Gasteiger charge is -2.19. The van der Waals surface area contributed by atoms with Gasteiger partial charge in [-0.25, -0.2) is 0 Å². The first-order valence-corrected chi connectivity index (χ1v) is 7.73. The lowest BCUT2D eigenvalue weighted by molar-refractivity contribution is 0.949. The number of nitrogens with zero attached hydrogens (tertiary/aromatic N) is 2. The van der Waals surface area contributed by atoms with Crippen molar-refractivity contribution >= 4 is 11.4 Å². The third kappa shape index (κ3) is 3.18. The van der Waals surface area contributed by atoms with Crippen LogP contribution >= 0.6 is 0 Å². The van der Waals surface area contributed by atoms with E-state index < -0.39 is 0 Å². The van der Waals surface area contributed by atoms with Crippen molar-refractivity contribution in [3.8, 4) is 0 Å². The first-order chi connectivity index (χ1) is 10.2. The molecule has 1 fully saturated rings. The third-order valence-corrected chi connectivity index (χ3v) is 4.30. The summed E-state index contributed by atoms with van der Waals surface area (Å²) in [6.45, 7) is 7.52. The van der Waals surface area contributed by atoms with Crippen molar-refractivity contribution in [3.63, 3.8) is 0 Å². The number of aromatic nitrogens is 1. The first-order valence-electron chi connectivity index (χ1n) is 7.73. The van der Waals surface area contributed by atoms with E-state index in [1.54, 1.807) is 0 Å². The van der Waals surface area contributed by atoms with E-state index in [2.05, 4.69) is 53.3 Å². The summed E-state index contributed by atoms with van der Waals surface area (Å²) in [5.41, 5.74) is 6.40. The molecule has 0 unspecified atom stereocenters. The summed E-state index contributed by atoms with van der Waals surface area (Å²) >= 11 is 0. The fourth-order valence-corrected chi connectivity index (χ4v) is 2.89. The summed E-state index contributed by atoms with van der Waals surface area (Å²) in [6, 6.07) is 8.79. The Morgan fingerprint density at radius 2 is 1.90 bits per heavy atom. The van der Waals surface area contributed by atoms with E-state index in [1.807, 2.05) is 12.4 Å². The lowest BCUT2D eigenvalue weighted by Crippen LogP contribution is -2.17. The molecule has 1 aromatic carbocycles. The Bertz CT molecular complexity index is 616. The molecule has 110 valence electrons. The molecule has 3 rings (SSSR count). The molecule has 0 spiro atoms. The van der Waals surface area contributed by atoms with E-state index in [9.17, 15) is 0 Å². The van der Waals surface area contributed by atoms with Gasteiger partial charge in [0.05, 0.1) is 0 Å². The second-order valence-corrected chi connectivity index (χ2v) is 5.85. The zero-order valence-electron chi connectivity index (χ0n) is 12.9. The fraction of sp³-hybridized carbons (Fsp3) is 0.389. The van der Waals surface area contributed by atoms with Crippen LogP contribution in [-0.2, 0) is 6.54 Å². The van der Waals surface area contributed by atoms with Crippen LogP contribution < -0.4 is 10.2 Å². The van der Waals surface area contributed by atoms with Crippen molar-refractivity contribution in [3.05, 3.63) is 53.3 Å². The van der Waals surface area contributed by atoms with Gasteiger partial charge in [0, 0.05) is 43.4 Å². The number of hydrogen-bond donors (Lipinski definition) is 1. The van der Waals surface area contributed by atoms with Crippen molar-refractivity contribution in [1.82, 2.24) is 4.98 Å². The van der Waals surface area contributed by atoms with Crippen molar-refractivity contribution in [2.45, 2.75) is 33.2 Å². The maximum atomic E-state index is 4.20. The highest BCUT2D eigenvalue weighted by molar-refractivity contribution is 5.60. The van der Waals surface area contributed by atoms with Crippen molar-refractivity contribution in [2.75, 3.05) is 23.3 Å². The molecule has 1 aliphatic rings. The largest absolute Gasteiger partial charge is 0.381 e. The highest BCUT2D eigenvalue weighted by Gasteiger charge is 2.12. The number of nitrogens with one attached hydrogen (secondary N) is 1. The van der Waals surface area contributed by atoms with Gasteiger partial charge in [-0.3, -0.25) is 4.98 Å². The second kappa shape index (κ2) is 6.17. The van der Waals surface area contributed by atoms with Gasteiger partial charge < -0.3 is 10.2 Å². The van der Waals surface area contributed by atoms with Gasteiger partial charge in [0.2, 0.25) is 0 Å². The van der Waals surface area contributed by atoms with Gasteiger partial charge in [-0.1, -0.05) is 0 Å². The number of hydrogen-bond acceptors (Lipinski definition) is 3. The normalized spacial score (nSPS) is 14.5. The SMILES string of the molecule is Cc1ccncc1CNc1ccc(N2CCCC2)cc1C. The predicted molar refractivity (Wildman–Crippen MR) is 88.9 cm³/mol. The molecule has 0 amide bonds. The Balaban J connectivity index is 1.70. The molecule has 1 aliphatic heterocycles. The summed E-state index contributed by atoms with van der Waals surface area (Å²) < 4.78 is 0. The van der Waals surface area contributed by atoms with E-state index in [4.69, 9.17) is 0 Å². The van der Waals surface area contributed by atoms with Crippen LogP contribution in [0.25, 0.3) is 0 Å². The van der Waals surface area contributed by atoms with Crippen molar-refractivity contribution < 1.29 is 0 Å². The molecule has 0 bridgehead atoms. The summed E-state index contributed by atoms with van der Waals surface area (Å²) in [4.78, 5) is 6.67. The molecule has 0 aliphatic carbocycles. The minimum atomic E-state index is 0.823. The third-order valence-electron chi connectivity index (χ3n) is 4.30. The van der Waals surface area contributed by atoms with E-state index in [0.717, 1.165) is 6.54 Å². The summed E-state index contributed by atoms with van der Waals surface area (Å²) in [6.07, 6.45) is 6.42. The molecule has 1 aromatic heterocycles. The predicted octanol–water partition coefficient (Wildman–Crippen LogP) is 3.91. The Morgan fingerprint density at radius 1 is 1.10 bits per heavy atom. The first kappa shape index (κ1) is 13.9. The topological polar surface area (TPSA) is 28.2 Å². The van der Waals surface area contributed by atoms with Crippen LogP contribution in [0.15, 0.2) is 36.7 Å². The molecule has 1 N–H and O–H groups in total. The number of aryl methyl sites for hydroxylation is 2. The van der Waals surface area contributed by atoms with E-state index >= 15 is 0 Å². The van der Waals surface area contributed by atoms with Crippen LogP contribution in [0, 0.1) is 13.8 Å². The Labute approximate surface area is 127 Å². The summed E-state index contributed by atoms with van der Waals surface area (Å²) in [5.74, 6) is 0. The molecule has 0 atom stereocenters. The molecule has 1 saturated heterocycles. The van der Waals surface area contributed by atoms with Crippen LogP contribution in [0.5, 0.6) is 0 Å². The average molecular weight is 281 g/mol. The molecule has 0 saturated carbocycles. The standard InChI is InChI=1S/C18H23N3/c1-14-7-8-19-12-16(14)13-20-18-6-5-17(11-15(18)2)21-9-3-4-10-21/h5-8,11-12,20H,3-4,9-10,13H2,1-2H3. The molecule has 21 heavy (non-hydrogen) atoms. The van der Waals surface area contributed by atoms with Gasteiger partial charge in [-0.2, -0.15) is 0 Å². The second-order valence-electron chi connectivity index (χ2n) is 5.85. The summed E-state index contributed by atoms with van der Waals surface area (Å²) in [5, 5.41) is 3.53. The Morgan fingerprint density at radius 3 is 2.62 bits per heavy atom. The average Bonchev–Trinajstić information content (AvgIpc) is 3.02. The van der Waals surface area contributed by atoms with E-state index in [1.165, 1.54) is 54.0 Å². The highest BCUT2D eigenvalue weighted by atomic mass is 15.1. The van der Waals surface area contributed by atoms with Crippen LogP contribution in [0.1, 0.15) is 29.5 Å². The maximum Gasteiger partial charge on any atom is 0.0418 e. The van der Waals surface area contributed by atoms with Gasteiger partial charge in [-0.15, -0.1) is 0 Å². The highest BCUT2D eigenvalue weighted by Crippen LogP contribution is 2.25. The van der Waals surface area contributed by atoms with E-state index in [0.29, 0.717) is 0 Å². The van der Waals surface area contributed by atoms with Crippen LogP contribution in [-0.4, -0.2) is 18.1 Å². The number of pyridine rings is 1. The van der Waals surface area contributed by atoms with Crippen LogP contribution in [0.4, 0.5) is 11.4 Å². The fourth-order valence-electron chi connectivity index (χ4n) is 2.89.